The fraction of sp³-hybridized carbons (Fsp3) is 0.583. The van der Waals surface area contributed by atoms with E-state index in [-0.39, 0.29) is 6.03 Å². The molecule has 1 atom stereocenters. The Bertz CT molecular complexity index is 330. The second-order valence-electron chi connectivity index (χ2n) is 3.91. The van der Waals surface area contributed by atoms with Crippen LogP contribution >= 0.6 is 11.3 Å². The second kappa shape index (κ2) is 8.91. The molecule has 102 valence electrons. The van der Waals surface area contributed by atoms with Crippen molar-refractivity contribution in [2.24, 2.45) is 0 Å². The zero-order chi connectivity index (χ0) is 13.2. The molecule has 0 fully saturated rings. The summed E-state index contributed by atoms with van der Waals surface area (Å²) in [5.41, 5.74) is 0. The SMILES string of the molecule is COCC(O)CCNC(=O)NCCc1cccs1. The highest BCUT2D eigenvalue weighted by Crippen LogP contribution is 2.07. The number of methoxy groups -OCH3 is 1. The summed E-state index contributed by atoms with van der Waals surface area (Å²) in [7, 11) is 1.54. The summed E-state index contributed by atoms with van der Waals surface area (Å²) in [6.45, 7) is 1.35. The molecule has 1 aromatic heterocycles. The van der Waals surface area contributed by atoms with Gasteiger partial charge >= 0.3 is 6.03 Å². The summed E-state index contributed by atoms with van der Waals surface area (Å²) in [4.78, 5) is 12.6. The van der Waals surface area contributed by atoms with Crippen molar-refractivity contribution in [1.29, 1.82) is 0 Å². The zero-order valence-electron chi connectivity index (χ0n) is 10.5. The van der Waals surface area contributed by atoms with Crippen LogP contribution in [0.4, 0.5) is 4.79 Å². The van der Waals surface area contributed by atoms with Crippen LogP contribution in [0.25, 0.3) is 0 Å². The van der Waals surface area contributed by atoms with Crippen LogP contribution in [0, 0.1) is 0 Å². The molecule has 3 N–H and O–H groups in total. The first-order chi connectivity index (χ1) is 8.72. The highest BCUT2D eigenvalue weighted by molar-refractivity contribution is 7.09. The number of nitrogens with one attached hydrogen (secondary N) is 2. The maximum absolute atomic E-state index is 11.4. The molecule has 0 aliphatic carbocycles. The number of carbonyl (C=O) groups is 1. The van der Waals surface area contributed by atoms with Crippen molar-refractivity contribution in [2.45, 2.75) is 18.9 Å². The minimum Gasteiger partial charge on any atom is -0.391 e. The second-order valence-corrected chi connectivity index (χ2v) is 4.94. The molecular weight excluding hydrogens is 252 g/mol. The summed E-state index contributed by atoms with van der Waals surface area (Å²) in [5.74, 6) is 0. The molecule has 2 amide bonds. The zero-order valence-corrected chi connectivity index (χ0v) is 11.3. The van der Waals surface area contributed by atoms with Gasteiger partial charge in [-0.1, -0.05) is 6.07 Å². The Morgan fingerprint density at radius 3 is 2.94 bits per heavy atom. The van der Waals surface area contributed by atoms with Crippen LogP contribution in [0.5, 0.6) is 0 Å². The van der Waals surface area contributed by atoms with E-state index < -0.39 is 6.10 Å². The van der Waals surface area contributed by atoms with Crippen LogP contribution in [0.1, 0.15) is 11.3 Å². The number of hydrogen-bond donors (Lipinski definition) is 3. The first-order valence-electron chi connectivity index (χ1n) is 5.93. The lowest BCUT2D eigenvalue weighted by molar-refractivity contribution is 0.0599. The topological polar surface area (TPSA) is 70.6 Å². The van der Waals surface area contributed by atoms with Crippen molar-refractivity contribution in [3.8, 4) is 0 Å². The lowest BCUT2D eigenvalue weighted by Gasteiger charge is -2.10. The predicted octanol–water partition coefficient (Wildman–Crippen LogP) is 0.987. The highest BCUT2D eigenvalue weighted by atomic mass is 32.1. The standard InChI is InChI=1S/C12H20N2O3S/c1-17-9-10(15)4-6-13-12(16)14-7-5-11-3-2-8-18-11/h2-3,8,10,15H,4-7,9H2,1H3,(H2,13,14,16). The van der Waals surface area contributed by atoms with Gasteiger partial charge in [-0.2, -0.15) is 0 Å². The van der Waals surface area contributed by atoms with E-state index in [0.29, 0.717) is 26.1 Å². The average molecular weight is 272 g/mol. The number of aliphatic hydroxyl groups excluding tert-OH is 1. The van der Waals surface area contributed by atoms with Gasteiger partial charge in [-0.25, -0.2) is 4.79 Å². The van der Waals surface area contributed by atoms with Gasteiger partial charge in [0.2, 0.25) is 0 Å². The molecular formula is C12H20N2O3S. The highest BCUT2D eigenvalue weighted by Gasteiger charge is 2.04. The van der Waals surface area contributed by atoms with Crippen molar-refractivity contribution >= 4 is 17.4 Å². The molecule has 0 aliphatic heterocycles. The fourth-order valence-electron chi connectivity index (χ4n) is 1.44. The molecule has 1 heterocycles. The average Bonchev–Trinajstić information content (AvgIpc) is 2.82. The summed E-state index contributed by atoms with van der Waals surface area (Å²) in [6.07, 6.45) is 0.810. The van der Waals surface area contributed by atoms with Crippen molar-refractivity contribution < 1.29 is 14.6 Å². The summed E-state index contributed by atoms with van der Waals surface area (Å²) in [6, 6.07) is 3.85. The Labute approximate surface area is 111 Å². The number of rotatable bonds is 8. The molecule has 1 rings (SSSR count). The fourth-order valence-corrected chi connectivity index (χ4v) is 2.15. The molecule has 0 spiro atoms. The number of hydrogen-bond acceptors (Lipinski definition) is 4. The third-order valence-electron chi connectivity index (χ3n) is 2.36. The van der Waals surface area contributed by atoms with Crippen molar-refractivity contribution in [3.63, 3.8) is 0 Å². The van der Waals surface area contributed by atoms with Crippen molar-refractivity contribution in [2.75, 3.05) is 26.8 Å². The number of ether oxygens (including phenoxy) is 1. The van der Waals surface area contributed by atoms with Crippen LogP contribution in [0.15, 0.2) is 17.5 Å². The van der Waals surface area contributed by atoms with E-state index in [4.69, 9.17) is 4.74 Å². The Morgan fingerprint density at radius 2 is 2.28 bits per heavy atom. The Kier molecular flexibility index (Phi) is 7.40. The summed E-state index contributed by atoms with van der Waals surface area (Å²) in [5, 5.41) is 16.8. The van der Waals surface area contributed by atoms with E-state index >= 15 is 0 Å². The van der Waals surface area contributed by atoms with Gasteiger partial charge in [-0.3, -0.25) is 0 Å². The quantitative estimate of drug-likeness (QED) is 0.661. The molecule has 1 unspecified atom stereocenters. The minimum atomic E-state index is -0.526. The molecule has 0 saturated heterocycles. The van der Waals surface area contributed by atoms with Gasteiger partial charge < -0.3 is 20.5 Å². The minimum absolute atomic E-state index is 0.198. The van der Waals surface area contributed by atoms with E-state index in [0.717, 1.165) is 6.42 Å². The van der Waals surface area contributed by atoms with Crippen LogP contribution in [0.3, 0.4) is 0 Å². The lowest BCUT2D eigenvalue weighted by atomic mass is 10.3. The smallest absolute Gasteiger partial charge is 0.314 e. The number of carbonyl (C=O) groups excluding carboxylic acids is 1. The van der Waals surface area contributed by atoms with E-state index in [2.05, 4.69) is 10.6 Å². The first-order valence-corrected chi connectivity index (χ1v) is 6.81. The molecule has 6 heteroatoms. The van der Waals surface area contributed by atoms with Crippen LogP contribution in [-0.2, 0) is 11.2 Å². The van der Waals surface area contributed by atoms with Crippen LogP contribution < -0.4 is 10.6 Å². The van der Waals surface area contributed by atoms with Crippen LogP contribution in [-0.4, -0.2) is 44.0 Å². The molecule has 5 nitrogen and oxygen atoms in total. The van der Waals surface area contributed by atoms with Gasteiger partial charge in [0.15, 0.2) is 0 Å². The number of aliphatic hydroxyl groups is 1. The number of thiophene rings is 1. The first kappa shape index (κ1) is 14.9. The number of urea groups is 1. The van der Waals surface area contributed by atoms with Gasteiger partial charge in [0.05, 0.1) is 12.7 Å². The Morgan fingerprint density at radius 1 is 1.50 bits per heavy atom. The monoisotopic (exact) mass is 272 g/mol. The summed E-state index contributed by atoms with van der Waals surface area (Å²) < 4.78 is 4.79. The molecule has 18 heavy (non-hydrogen) atoms. The van der Waals surface area contributed by atoms with E-state index in [1.54, 1.807) is 11.3 Å². The summed E-state index contributed by atoms with van der Waals surface area (Å²) >= 11 is 1.68. The normalized spacial score (nSPS) is 12.1. The lowest BCUT2D eigenvalue weighted by Crippen LogP contribution is -2.38. The third kappa shape index (κ3) is 6.58. The Balaban J connectivity index is 2.00. The molecule has 0 aliphatic rings. The molecule has 0 bridgehead atoms. The largest absolute Gasteiger partial charge is 0.391 e. The van der Waals surface area contributed by atoms with Gasteiger partial charge in [0, 0.05) is 25.1 Å². The third-order valence-corrected chi connectivity index (χ3v) is 3.30. The van der Waals surface area contributed by atoms with Crippen molar-refractivity contribution in [1.82, 2.24) is 10.6 Å². The molecule has 0 radical (unpaired) electrons. The molecule has 0 saturated carbocycles. The van der Waals surface area contributed by atoms with E-state index in [1.807, 2.05) is 17.5 Å². The van der Waals surface area contributed by atoms with Crippen LogP contribution in [0.2, 0.25) is 0 Å². The Hall–Kier alpha value is -1.11. The van der Waals surface area contributed by atoms with E-state index in [9.17, 15) is 9.90 Å². The molecule has 0 aromatic carbocycles. The van der Waals surface area contributed by atoms with Crippen molar-refractivity contribution in [3.05, 3.63) is 22.4 Å². The van der Waals surface area contributed by atoms with Gasteiger partial charge in [0.1, 0.15) is 0 Å². The molecule has 1 aromatic rings. The maximum Gasteiger partial charge on any atom is 0.314 e. The predicted molar refractivity (Wildman–Crippen MR) is 71.9 cm³/mol. The van der Waals surface area contributed by atoms with Gasteiger partial charge in [0.25, 0.3) is 0 Å². The van der Waals surface area contributed by atoms with E-state index in [1.165, 1.54) is 12.0 Å². The van der Waals surface area contributed by atoms with Gasteiger partial charge in [-0.05, 0) is 24.3 Å². The maximum atomic E-state index is 11.4. The van der Waals surface area contributed by atoms with Gasteiger partial charge in [-0.15, -0.1) is 11.3 Å². The number of amides is 2.